The molecule has 2 rings (SSSR count). The van der Waals surface area contributed by atoms with Gasteiger partial charge in [-0.3, -0.25) is 14.9 Å². The number of rotatable bonds is 6. The number of hydrazone groups is 1. The van der Waals surface area contributed by atoms with Crippen LogP contribution in [0.1, 0.15) is 18.1 Å². The van der Waals surface area contributed by atoms with Gasteiger partial charge in [0.25, 0.3) is 11.6 Å². The van der Waals surface area contributed by atoms with Crippen molar-refractivity contribution < 1.29 is 14.5 Å². The fourth-order valence-electron chi connectivity index (χ4n) is 1.93. The van der Waals surface area contributed by atoms with Gasteiger partial charge in [0.2, 0.25) is 0 Å². The van der Waals surface area contributed by atoms with Crippen LogP contribution < -0.4 is 10.2 Å². The topological polar surface area (TPSA) is 93.8 Å². The first kappa shape index (κ1) is 18.6. The number of nitro benzene ring substituents is 1. The van der Waals surface area contributed by atoms with Gasteiger partial charge in [0.15, 0.2) is 6.61 Å². The molecule has 2 aromatic carbocycles. The minimum Gasteiger partial charge on any atom is -0.483 e. The lowest BCUT2D eigenvalue weighted by Gasteiger charge is -2.08. The summed E-state index contributed by atoms with van der Waals surface area (Å²) in [6.07, 6.45) is 0. The van der Waals surface area contributed by atoms with Crippen LogP contribution in [0.15, 0.2) is 52.0 Å². The third-order valence-corrected chi connectivity index (χ3v) is 3.91. The van der Waals surface area contributed by atoms with Crippen molar-refractivity contribution in [2.45, 2.75) is 13.8 Å². The van der Waals surface area contributed by atoms with Crippen LogP contribution in [0.2, 0.25) is 0 Å². The second-order valence-electron chi connectivity index (χ2n) is 5.26. The molecular weight excluding hydrogens is 390 g/mol. The summed E-state index contributed by atoms with van der Waals surface area (Å²) in [6.45, 7) is 3.47. The summed E-state index contributed by atoms with van der Waals surface area (Å²) >= 11 is 3.37. The van der Waals surface area contributed by atoms with Gasteiger partial charge in [0, 0.05) is 12.1 Å². The predicted octanol–water partition coefficient (Wildman–Crippen LogP) is 3.58. The van der Waals surface area contributed by atoms with E-state index in [1.54, 1.807) is 25.1 Å². The van der Waals surface area contributed by atoms with Gasteiger partial charge < -0.3 is 4.74 Å². The highest BCUT2D eigenvalue weighted by atomic mass is 79.9. The second kappa shape index (κ2) is 8.39. The largest absolute Gasteiger partial charge is 0.483 e. The van der Waals surface area contributed by atoms with Gasteiger partial charge in [0.05, 0.1) is 15.1 Å². The maximum absolute atomic E-state index is 11.8. The molecule has 0 unspecified atom stereocenters. The summed E-state index contributed by atoms with van der Waals surface area (Å²) < 4.78 is 6.20. The Hall–Kier alpha value is -2.74. The zero-order valence-corrected chi connectivity index (χ0v) is 15.2. The van der Waals surface area contributed by atoms with Crippen molar-refractivity contribution in [2.24, 2.45) is 5.10 Å². The van der Waals surface area contributed by atoms with Crippen molar-refractivity contribution in [1.29, 1.82) is 0 Å². The molecule has 1 N–H and O–H groups in total. The van der Waals surface area contributed by atoms with E-state index in [1.165, 1.54) is 12.1 Å². The lowest BCUT2D eigenvalue weighted by molar-refractivity contribution is -0.384. The molecule has 25 heavy (non-hydrogen) atoms. The van der Waals surface area contributed by atoms with Gasteiger partial charge >= 0.3 is 0 Å². The van der Waals surface area contributed by atoms with Crippen molar-refractivity contribution in [1.82, 2.24) is 5.43 Å². The van der Waals surface area contributed by atoms with Gasteiger partial charge in [-0.25, -0.2) is 5.43 Å². The Morgan fingerprint density at radius 1 is 1.28 bits per heavy atom. The quantitative estimate of drug-likeness (QED) is 0.451. The summed E-state index contributed by atoms with van der Waals surface area (Å²) in [5.74, 6) is 0.158. The SMILES string of the molecule is CC(=NNC(=O)COc1ccc(C)cc1Br)c1ccc([N+](=O)[O-])cc1. The molecule has 0 heterocycles. The number of benzene rings is 2. The van der Waals surface area contributed by atoms with Crippen LogP contribution in [-0.2, 0) is 4.79 Å². The van der Waals surface area contributed by atoms with E-state index in [1.807, 2.05) is 19.1 Å². The van der Waals surface area contributed by atoms with E-state index in [-0.39, 0.29) is 12.3 Å². The van der Waals surface area contributed by atoms with Crippen LogP contribution in [0.3, 0.4) is 0 Å². The number of aryl methyl sites for hydroxylation is 1. The summed E-state index contributed by atoms with van der Waals surface area (Å²) in [5.41, 5.74) is 4.67. The first-order valence-corrected chi connectivity index (χ1v) is 8.13. The van der Waals surface area contributed by atoms with Crippen LogP contribution in [-0.4, -0.2) is 23.1 Å². The van der Waals surface area contributed by atoms with E-state index < -0.39 is 10.8 Å². The lowest BCUT2D eigenvalue weighted by Crippen LogP contribution is -2.25. The number of nitrogens with one attached hydrogen (secondary N) is 1. The molecule has 2 aromatic rings. The van der Waals surface area contributed by atoms with E-state index >= 15 is 0 Å². The highest BCUT2D eigenvalue weighted by Gasteiger charge is 2.07. The molecule has 0 bridgehead atoms. The number of hydrogen-bond acceptors (Lipinski definition) is 5. The summed E-state index contributed by atoms with van der Waals surface area (Å²) in [4.78, 5) is 22.0. The number of carbonyl (C=O) groups excluding carboxylic acids is 1. The van der Waals surface area contributed by atoms with Gasteiger partial charge in [0.1, 0.15) is 5.75 Å². The van der Waals surface area contributed by atoms with Crippen LogP contribution in [0, 0.1) is 17.0 Å². The Bertz CT molecular complexity index is 819. The minimum atomic E-state index is -0.474. The van der Waals surface area contributed by atoms with Gasteiger partial charge in [-0.15, -0.1) is 0 Å². The smallest absolute Gasteiger partial charge is 0.277 e. The summed E-state index contributed by atoms with van der Waals surface area (Å²) in [6, 6.07) is 11.5. The molecule has 0 saturated carbocycles. The van der Waals surface area contributed by atoms with Crippen LogP contribution in [0.5, 0.6) is 5.75 Å². The molecular formula is C17H16BrN3O4. The molecule has 8 heteroatoms. The maximum atomic E-state index is 11.8. The number of ether oxygens (including phenoxy) is 1. The van der Waals surface area contributed by atoms with Gasteiger partial charge in [-0.05, 0) is 65.2 Å². The Morgan fingerprint density at radius 3 is 2.56 bits per heavy atom. The number of halogens is 1. The highest BCUT2D eigenvalue weighted by molar-refractivity contribution is 9.10. The fraction of sp³-hybridized carbons (Fsp3) is 0.176. The Labute approximate surface area is 153 Å². The molecule has 0 radical (unpaired) electrons. The van der Waals surface area contributed by atoms with Crippen molar-refractivity contribution >= 4 is 33.2 Å². The molecule has 0 fully saturated rings. The predicted molar refractivity (Wildman–Crippen MR) is 97.8 cm³/mol. The second-order valence-corrected chi connectivity index (χ2v) is 6.11. The Kier molecular flexibility index (Phi) is 6.24. The van der Waals surface area contributed by atoms with Crippen LogP contribution in [0.25, 0.3) is 0 Å². The van der Waals surface area contributed by atoms with E-state index in [0.717, 1.165) is 10.0 Å². The number of nitrogens with zero attached hydrogens (tertiary/aromatic N) is 2. The third kappa shape index (κ3) is 5.39. The van der Waals surface area contributed by atoms with Crippen molar-refractivity contribution in [3.05, 3.63) is 68.2 Å². The molecule has 0 spiro atoms. The molecule has 0 aliphatic heterocycles. The number of nitro groups is 1. The van der Waals surface area contributed by atoms with E-state index in [4.69, 9.17) is 4.74 Å². The normalized spacial score (nSPS) is 11.1. The number of hydrogen-bond donors (Lipinski definition) is 1. The maximum Gasteiger partial charge on any atom is 0.277 e. The first-order valence-electron chi connectivity index (χ1n) is 7.33. The van der Waals surface area contributed by atoms with Gasteiger partial charge in [-0.1, -0.05) is 6.07 Å². The average Bonchev–Trinajstić information content (AvgIpc) is 2.59. The highest BCUT2D eigenvalue weighted by Crippen LogP contribution is 2.25. The van der Waals surface area contributed by atoms with Gasteiger partial charge in [-0.2, -0.15) is 5.10 Å². The number of non-ortho nitro benzene ring substituents is 1. The van der Waals surface area contributed by atoms with Crippen LogP contribution in [0.4, 0.5) is 5.69 Å². The van der Waals surface area contributed by atoms with Crippen molar-refractivity contribution in [3.8, 4) is 5.75 Å². The molecule has 0 aliphatic carbocycles. The van der Waals surface area contributed by atoms with E-state index in [2.05, 4.69) is 26.5 Å². The molecule has 0 aromatic heterocycles. The third-order valence-electron chi connectivity index (χ3n) is 3.29. The summed E-state index contributed by atoms with van der Waals surface area (Å²) in [7, 11) is 0. The Balaban J connectivity index is 1.91. The molecule has 1 amide bonds. The fourth-order valence-corrected chi connectivity index (χ4v) is 2.54. The average molecular weight is 406 g/mol. The monoisotopic (exact) mass is 405 g/mol. The first-order chi connectivity index (χ1) is 11.9. The zero-order chi connectivity index (χ0) is 18.4. The molecule has 0 saturated heterocycles. The standard InChI is InChI=1S/C17H16BrN3O4/c1-11-3-8-16(15(18)9-11)25-10-17(22)20-19-12(2)13-4-6-14(7-5-13)21(23)24/h3-9H,10H2,1-2H3,(H,20,22). The summed E-state index contributed by atoms with van der Waals surface area (Å²) in [5, 5.41) is 14.6. The zero-order valence-electron chi connectivity index (χ0n) is 13.7. The minimum absolute atomic E-state index is 0.00217. The van der Waals surface area contributed by atoms with E-state index in [9.17, 15) is 14.9 Å². The Morgan fingerprint density at radius 2 is 1.96 bits per heavy atom. The molecule has 7 nitrogen and oxygen atoms in total. The molecule has 0 aliphatic rings. The van der Waals surface area contributed by atoms with Crippen molar-refractivity contribution in [2.75, 3.05) is 6.61 Å². The number of amides is 1. The van der Waals surface area contributed by atoms with E-state index in [0.29, 0.717) is 17.0 Å². The number of carbonyl (C=O) groups is 1. The lowest BCUT2D eigenvalue weighted by atomic mass is 10.1. The molecule has 0 atom stereocenters. The van der Waals surface area contributed by atoms with Crippen LogP contribution >= 0.6 is 15.9 Å². The molecule has 130 valence electrons. The van der Waals surface area contributed by atoms with Crippen molar-refractivity contribution in [3.63, 3.8) is 0 Å².